The Balaban J connectivity index is 1.34. The van der Waals surface area contributed by atoms with Gasteiger partial charge in [0.25, 0.3) is 5.91 Å². The summed E-state index contributed by atoms with van der Waals surface area (Å²) in [6, 6.07) is 5.73. The van der Waals surface area contributed by atoms with E-state index in [9.17, 15) is 4.79 Å². The number of nitrogens with two attached hydrogens (primary N) is 1. The van der Waals surface area contributed by atoms with Crippen molar-refractivity contribution >= 4 is 17.2 Å². The summed E-state index contributed by atoms with van der Waals surface area (Å²) in [6.07, 6.45) is 13.1. The van der Waals surface area contributed by atoms with E-state index in [0.717, 1.165) is 36.9 Å². The number of ether oxygens (including phenoxy) is 1. The number of rotatable bonds is 5. The first kappa shape index (κ1) is 19.0. The average Bonchev–Trinajstić information content (AvgIpc) is 3.14. The normalized spacial score (nSPS) is 22.0. The van der Waals surface area contributed by atoms with Gasteiger partial charge in [0.05, 0.1) is 23.5 Å². The van der Waals surface area contributed by atoms with Gasteiger partial charge in [0.2, 0.25) is 0 Å². The van der Waals surface area contributed by atoms with Gasteiger partial charge in [-0.2, -0.15) is 5.10 Å². The molecule has 8 heteroatoms. The van der Waals surface area contributed by atoms with E-state index in [-0.39, 0.29) is 17.8 Å². The molecule has 0 spiro atoms. The van der Waals surface area contributed by atoms with Crippen LogP contribution in [-0.2, 0) is 4.74 Å². The number of hydrogen-bond acceptors (Lipinski definition) is 6. The maximum atomic E-state index is 13.2. The van der Waals surface area contributed by atoms with Crippen molar-refractivity contribution in [3.8, 4) is 11.3 Å². The van der Waals surface area contributed by atoms with E-state index in [1.807, 2.05) is 18.2 Å². The molecule has 0 unspecified atom stereocenters. The van der Waals surface area contributed by atoms with Crippen LogP contribution in [-0.4, -0.2) is 43.7 Å². The molecule has 8 nitrogen and oxygen atoms in total. The summed E-state index contributed by atoms with van der Waals surface area (Å²) in [5.41, 5.74) is 8.84. The Hall–Kier alpha value is -3.00. The topological polar surface area (TPSA) is 107 Å². The summed E-state index contributed by atoms with van der Waals surface area (Å²) >= 11 is 0. The summed E-state index contributed by atoms with van der Waals surface area (Å²) < 4.78 is 7.81. The minimum absolute atomic E-state index is 0.141. The van der Waals surface area contributed by atoms with Crippen molar-refractivity contribution in [1.29, 1.82) is 0 Å². The first-order chi connectivity index (χ1) is 14.7. The zero-order valence-corrected chi connectivity index (χ0v) is 16.8. The van der Waals surface area contributed by atoms with Gasteiger partial charge in [0.1, 0.15) is 11.8 Å². The second-order valence-corrected chi connectivity index (χ2v) is 8.22. The fraction of sp³-hybridized carbons (Fsp3) is 0.455. The number of fused-ring (bicyclic) bond motifs is 1. The molecule has 0 bridgehead atoms. The zero-order valence-electron chi connectivity index (χ0n) is 16.8. The predicted molar refractivity (Wildman–Crippen MR) is 113 cm³/mol. The van der Waals surface area contributed by atoms with Crippen LogP contribution in [0, 0.1) is 0 Å². The van der Waals surface area contributed by atoms with Crippen LogP contribution < -0.4 is 11.1 Å². The minimum Gasteiger partial charge on any atom is -0.382 e. The molecule has 2 aliphatic rings. The smallest absolute Gasteiger partial charge is 0.253 e. The predicted octanol–water partition coefficient (Wildman–Crippen LogP) is 2.98. The second kappa shape index (κ2) is 8.02. The fourth-order valence-corrected chi connectivity index (χ4v) is 4.35. The lowest BCUT2D eigenvalue weighted by molar-refractivity contribution is -0.0669. The highest BCUT2D eigenvalue weighted by molar-refractivity contribution is 6.05. The van der Waals surface area contributed by atoms with Crippen LogP contribution in [0.1, 0.15) is 55.3 Å². The molecule has 0 saturated heterocycles. The lowest BCUT2D eigenvalue weighted by atomic mass is 9.91. The SMILES string of the molecule is Nc1ncnn2c(-c3ccncc3)cc(C(=O)NC3CCC(OC4CCC4)CC3)c12. The number of carbonyl (C=O) groups is 1. The standard InChI is InChI=1S/C22H26N6O2/c23-21-20-18(12-19(28(20)26-13-25-21)14-8-10-24-11-9-14)22(29)27-15-4-6-17(7-5-15)30-16-2-1-3-16/h8-13,15-17H,1-7H2,(H,27,29)(H2,23,25,26). The van der Waals surface area contributed by atoms with Crippen molar-refractivity contribution in [1.82, 2.24) is 24.9 Å². The average molecular weight is 406 g/mol. The van der Waals surface area contributed by atoms with Crippen LogP contribution in [0.4, 0.5) is 5.82 Å². The van der Waals surface area contributed by atoms with Gasteiger partial charge in [-0.3, -0.25) is 9.78 Å². The molecule has 156 valence electrons. The molecule has 5 rings (SSSR count). The first-order valence-electron chi connectivity index (χ1n) is 10.7. The highest BCUT2D eigenvalue weighted by atomic mass is 16.5. The number of amides is 1. The monoisotopic (exact) mass is 406 g/mol. The Morgan fingerprint density at radius 3 is 2.53 bits per heavy atom. The molecule has 0 atom stereocenters. The molecule has 2 fully saturated rings. The third-order valence-corrected chi connectivity index (χ3v) is 6.25. The molecule has 3 N–H and O–H groups in total. The van der Waals surface area contributed by atoms with Gasteiger partial charge in [-0.05, 0) is 63.1 Å². The summed E-state index contributed by atoms with van der Waals surface area (Å²) in [7, 11) is 0. The van der Waals surface area contributed by atoms with Gasteiger partial charge in [0, 0.05) is 24.0 Å². The largest absolute Gasteiger partial charge is 0.382 e. The summed E-state index contributed by atoms with van der Waals surface area (Å²) in [6.45, 7) is 0. The van der Waals surface area contributed by atoms with Gasteiger partial charge in [-0.15, -0.1) is 0 Å². The Bertz CT molecular complexity index is 1040. The lowest BCUT2D eigenvalue weighted by Gasteiger charge is -2.34. The van der Waals surface area contributed by atoms with Crippen molar-refractivity contribution < 1.29 is 9.53 Å². The molecule has 1 amide bonds. The molecule has 0 aromatic carbocycles. The first-order valence-corrected chi connectivity index (χ1v) is 10.7. The van der Waals surface area contributed by atoms with E-state index < -0.39 is 0 Å². The number of pyridine rings is 1. The van der Waals surface area contributed by atoms with Crippen LogP contribution in [0.5, 0.6) is 0 Å². The summed E-state index contributed by atoms with van der Waals surface area (Å²) in [5, 5.41) is 7.52. The van der Waals surface area contributed by atoms with Crippen LogP contribution in [0.15, 0.2) is 36.9 Å². The Morgan fingerprint density at radius 1 is 1.10 bits per heavy atom. The third-order valence-electron chi connectivity index (χ3n) is 6.25. The molecule has 3 aromatic rings. The summed E-state index contributed by atoms with van der Waals surface area (Å²) in [4.78, 5) is 21.3. The van der Waals surface area contributed by atoms with Crippen molar-refractivity contribution in [2.24, 2.45) is 0 Å². The molecule has 2 aliphatic carbocycles. The number of anilines is 1. The van der Waals surface area contributed by atoms with Crippen LogP contribution >= 0.6 is 0 Å². The van der Waals surface area contributed by atoms with Crippen molar-refractivity contribution in [2.45, 2.75) is 63.2 Å². The number of carbonyl (C=O) groups excluding carboxylic acids is 1. The number of nitrogen functional groups attached to an aromatic ring is 1. The molecular weight excluding hydrogens is 380 g/mol. The molecule has 2 saturated carbocycles. The number of aromatic nitrogens is 4. The molecule has 30 heavy (non-hydrogen) atoms. The number of hydrogen-bond donors (Lipinski definition) is 2. The lowest BCUT2D eigenvalue weighted by Crippen LogP contribution is -2.40. The van der Waals surface area contributed by atoms with Crippen molar-refractivity contribution in [2.75, 3.05) is 5.73 Å². The van der Waals surface area contributed by atoms with Crippen molar-refractivity contribution in [3.63, 3.8) is 0 Å². The number of nitrogens with zero attached hydrogens (tertiary/aromatic N) is 4. The van der Waals surface area contributed by atoms with Crippen LogP contribution in [0.25, 0.3) is 16.8 Å². The Morgan fingerprint density at radius 2 is 1.83 bits per heavy atom. The highest BCUT2D eigenvalue weighted by Gasteiger charge is 2.28. The van der Waals surface area contributed by atoms with E-state index >= 15 is 0 Å². The maximum absolute atomic E-state index is 13.2. The third kappa shape index (κ3) is 3.63. The van der Waals surface area contributed by atoms with E-state index in [4.69, 9.17) is 10.5 Å². The summed E-state index contributed by atoms with van der Waals surface area (Å²) in [5.74, 6) is 0.144. The van der Waals surface area contributed by atoms with Gasteiger partial charge < -0.3 is 15.8 Å². The maximum Gasteiger partial charge on any atom is 0.253 e. The second-order valence-electron chi connectivity index (χ2n) is 8.22. The molecular formula is C22H26N6O2. The molecule has 3 heterocycles. The van der Waals surface area contributed by atoms with Crippen LogP contribution in [0.3, 0.4) is 0 Å². The minimum atomic E-state index is -0.141. The molecule has 3 aromatic heterocycles. The Kier molecular flexibility index (Phi) is 5.08. The van der Waals surface area contributed by atoms with E-state index in [1.165, 1.54) is 25.6 Å². The van der Waals surface area contributed by atoms with Crippen molar-refractivity contribution in [3.05, 3.63) is 42.5 Å². The molecule has 0 aliphatic heterocycles. The van der Waals surface area contributed by atoms with Gasteiger partial charge in [-0.25, -0.2) is 9.50 Å². The Labute approximate surface area is 174 Å². The quantitative estimate of drug-likeness (QED) is 0.674. The van der Waals surface area contributed by atoms with E-state index in [1.54, 1.807) is 16.9 Å². The van der Waals surface area contributed by atoms with Gasteiger partial charge >= 0.3 is 0 Å². The van der Waals surface area contributed by atoms with Crippen LogP contribution in [0.2, 0.25) is 0 Å². The fourth-order valence-electron chi connectivity index (χ4n) is 4.35. The molecule has 0 radical (unpaired) electrons. The number of nitrogens with one attached hydrogen (secondary N) is 1. The zero-order chi connectivity index (χ0) is 20.5. The van der Waals surface area contributed by atoms with Gasteiger partial charge in [0.15, 0.2) is 5.82 Å². The van der Waals surface area contributed by atoms with E-state index in [2.05, 4.69) is 20.4 Å². The van der Waals surface area contributed by atoms with Gasteiger partial charge in [-0.1, -0.05) is 0 Å². The van der Waals surface area contributed by atoms with E-state index in [0.29, 0.717) is 23.3 Å². The highest BCUT2D eigenvalue weighted by Crippen LogP contribution is 2.30.